The molecule has 0 atom stereocenters. The molecule has 3 aromatic heterocycles. The van der Waals surface area contributed by atoms with E-state index in [1.54, 1.807) is 23.3 Å². The number of rotatable bonds is 5. The maximum Gasteiger partial charge on any atom is 0.141 e. The lowest BCUT2D eigenvalue weighted by Gasteiger charge is -2.01. The highest BCUT2D eigenvalue weighted by Crippen LogP contribution is 2.20. The monoisotopic (exact) mass is 329 g/mol. The zero-order chi connectivity index (χ0) is 16.9. The van der Waals surface area contributed by atoms with Crippen molar-refractivity contribution >= 4 is 6.21 Å². The summed E-state index contributed by atoms with van der Waals surface area (Å²) < 4.78 is 3.45. The van der Waals surface area contributed by atoms with E-state index in [4.69, 9.17) is 5.10 Å². The second kappa shape index (κ2) is 6.88. The van der Waals surface area contributed by atoms with Crippen molar-refractivity contribution in [2.45, 2.75) is 6.54 Å². The predicted octanol–water partition coefficient (Wildman–Crippen LogP) is 2.47. The van der Waals surface area contributed by atoms with Gasteiger partial charge in [-0.05, 0) is 17.7 Å². The number of aromatic nitrogens is 6. The van der Waals surface area contributed by atoms with Crippen LogP contribution in [0.3, 0.4) is 0 Å². The van der Waals surface area contributed by atoms with Crippen molar-refractivity contribution < 1.29 is 0 Å². The molecule has 0 aliphatic carbocycles. The van der Waals surface area contributed by atoms with Crippen LogP contribution in [0.2, 0.25) is 0 Å². The van der Waals surface area contributed by atoms with Crippen molar-refractivity contribution in [3.63, 3.8) is 0 Å². The molecule has 0 radical (unpaired) electrons. The molecule has 7 heteroatoms. The minimum atomic E-state index is 0.689. The fourth-order valence-corrected chi connectivity index (χ4v) is 2.49. The first kappa shape index (κ1) is 14.9. The predicted molar refractivity (Wildman–Crippen MR) is 94.0 cm³/mol. The Kier molecular flexibility index (Phi) is 4.11. The Morgan fingerprint density at radius 3 is 2.60 bits per heavy atom. The lowest BCUT2D eigenvalue weighted by Crippen LogP contribution is -2.00. The van der Waals surface area contributed by atoms with Gasteiger partial charge in [0.05, 0.1) is 12.8 Å². The molecule has 4 aromatic rings. The van der Waals surface area contributed by atoms with Crippen LogP contribution >= 0.6 is 0 Å². The van der Waals surface area contributed by atoms with Crippen LogP contribution in [0.25, 0.3) is 11.3 Å². The molecular weight excluding hydrogens is 314 g/mol. The number of hydrogen-bond donors (Lipinski definition) is 0. The van der Waals surface area contributed by atoms with Crippen LogP contribution < -0.4 is 0 Å². The minimum Gasteiger partial charge on any atom is -0.267 e. The molecule has 122 valence electrons. The second-order valence-electron chi connectivity index (χ2n) is 5.44. The summed E-state index contributed by atoms with van der Waals surface area (Å²) in [5.74, 6) is 0. The molecule has 0 spiro atoms. The molecule has 0 N–H and O–H groups in total. The first-order valence-electron chi connectivity index (χ1n) is 7.79. The Morgan fingerprint density at radius 2 is 1.84 bits per heavy atom. The van der Waals surface area contributed by atoms with Crippen molar-refractivity contribution in [1.29, 1.82) is 0 Å². The van der Waals surface area contributed by atoms with Crippen molar-refractivity contribution in [1.82, 2.24) is 29.6 Å². The second-order valence-corrected chi connectivity index (χ2v) is 5.44. The van der Waals surface area contributed by atoms with E-state index in [1.165, 1.54) is 18.2 Å². The summed E-state index contributed by atoms with van der Waals surface area (Å²) in [7, 11) is 0. The Labute approximate surface area is 144 Å². The molecule has 4 rings (SSSR count). The summed E-state index contributed by atoms with van der Waals surface area (Å²) in [6.07, 6.45) is 10.3. The van der Waals surface area contributed by atoms with Gasteiger partial charge in [-0.15, -0.1) is 10.2 Å². The zero-order valence-corrected chi connectivity index (χ0v) is 13.3. The molecule has 0 saturated heterocycles. The van der Waals surface area contributed by atoms with Crippen LogP contribution in [0.4, 0.5) is 0 Å². The maximum atomic E-state index is 4.72. The fourth-order valence-electron chi connectivity index (χ4n) is 2.49. The van der Waals surface area contributed by atoms with E-state index < -0.39 is 0 Å². The molecule has 1 aromatic carbocycles. The Hall–Kier alpha value is -3.61. The van der Waals surface area contributed by atoms with E-state index >= 15 is 0 Å². The fraction of sp³-hybridized carbons (Fsp3) is 0.0556. The van der Waals surface area contributed by atoms with Crippen LogP contribution in [-0.2, 0) is 6.54 Å². The summed E-state index contributed by atoms with van der Waals surface area (Å²) in [6.45, 7) is 0.689. The summed E-state index contributed by atoms with van der Waals surface area (Å²) in [4.78, 5) is 4.19. The number of hydrogen-bond acceptors (Lipinski definition) is 5. The third-order valence-electron chi connectivity index (χ3n) is 3.65. The van der Waals surface area contributed by atoms with Gasteiger partial charge in [0.2, 0.25) is 0 Å². The zero-order valence-electron chi connectivity index (χ0n) is 13.3. The molecule has 0 unspecified atom stereocenters. The normalized spacial score (nSPS) is 11.2. The molecule has 0 amide bonds. The van der Waals surface area contributed by atoms with Crippen LogP contribution in [-0.4, -0.2) is 35.9 Å². The third-order valence-corrected chi connectivity index (χ3v) is 3.65. The van der Waals surface area contributed by atoms with Gasteiger partial charge in [0.25, 0.3) is 0 Å². The molecule has 7 nitrogen and oxygen atoms in total. The van der Waals surface area contributed by atoms with Gasteiger partial charge in [-0.1, -0.05) is 30.3 Å². The Balaban J connectivity index is 1.70. The summed E-state index contributed by atoms with van der Waals surface area (Å²) in [6, 6.07) is 14.1. The highest BCUT2D eigenvalue weighted by atomic mass is 15.4. The Morgan fingerprint density at radius 1 is 1.00 bits per heavy atom. The number of benzene rings is 1. The smallest absolute Gasteiger partial charge is 0.141 e. The average Bonchev–Trinajstić information content (AvgIpc) is 3.31. The molecule has 0 aliphatic heterocycles. The van der Waals surface area contributed by atoms with E-state index in [9.17, 15) is 0 Å². The van der Waals surface area contributed by atoms with Crippen LogP contribution in [0.15, 0.2) is 78.8 Å². The third kappa shape index (κ3) is 3.50. The number of pyridine rings is 1. The van der Waals surface area contributed by atoms with E-state index in [0.717, 1.165) is 16.8 Å². The summed E-state index contributed by atoms with van der Waals surface area (Å²) in [5.41, 5.74) is 3.86. The summed E-state index contributed by atoms with van der Waals surface area (Å²) in [5, 5.41) is 16.5. The van der Waals surface area contributed by atoms with Crippen molar-refractivity contribution in [3.05, 3.63) is 84.8 Å². The first-order valence-corrected chi connectivity index (χ1v) is 7.79. The molecule has 0 aliphatic rings. The lowest BCUT2D eigenvalue weighted by molar-refractivity contribution is 0.689. The molecule has 0 bridgehead atoms. The van der Waals surface area contributed by atoms with Gasteiger partial charge in [-0.2, -0.15) is 10.2 Å². The highest BCUT2D eigenvalue weighted by Gasteiger charge is 2.10. The SMILES string of the molecule is C(=N/n1cnnc1)/c1cn(Cc2ccccc2)nc1-c1cccnc1. The van der Waals surface area contributed by atoms with E-state index in [-0.39, 0.29) is 0 Å². The van der Waals surface area contributed by atoms with Crippen molar-refractivity contribution in [2.75, 3.05) is 0 Å². The van der Waals surface area contributed by atoms with Gasteiger partial charge in [-0.3, -0.25) is 9.67 Å². The van der Waals surface area contributed by atoms with Crippen molar-refractivity contribution in [3.8, 4) is 11.3 Å². The van der Waals surface area contributed by atoms with Gasteiger partial charge in [0, 0.05) is 29.7 Å². The van der Waals surface area contributed by atoms with Crippen molar-refractivity contribution in [2.24, 2.45) is 5.10 Å². The first-order chi connectivity index (χ1) is 12.4. The minimum absolute atomic E-state index is 0.689. The highest BCUT2D eigenvalue weighted by molar-refractivity contribution is 5.88. The molecule has 25 heavy (non-hydrogen) atoms. The summed E-state index contributed by atoms with van der Waals surface area (Å²) >= 11 is 0. The maximum absolute atomic E-state index is 4.72. The van der Waals surface area contributed by atoms with E-state index in [0.29, 0.717) is 6.54 Å². The quantitative estimate of drug-likeness (QED) is 0.527. The van der Waals surface area contributed by atoms with Crippen LogP contribution in [0.1, 0.15) is 11.1 Å². The molecule has 0 fully saturated rings. The van der Waals surface area contributed by atoms with E-state index in [1.807, 2.05) is 41.2 Å². The Bertz CT molecular complexity index is 957. The lowest BCUT2D eigenvalue weighted by atomic mass is 10.1. The van der Waals surface area contributed by atoms with Gasteiger partial charge >= 0.3 is 0 Å². The number of nitrogens with zero attached hydrogens (tertiary/aromatic N) is 7. The standard InChI is InChI=1S/C18H15N7/c1-2-5-15(6-3-1)11-24-12-17(10-22-25-13-20-21-14-25)18(23-24)16-7-4-8-19-9-16/h1-10,12-14H,11H2/b22-10-. The van der Waals surface area contributed by atoms with Gasteiger partial charge < -0.3 is 0 Å². The molecule has 3 heterocycles. The van der Waals surface area contributed by atoms with Crippen LogP contribution in [0.5, 0.6) is 0 Å². The molecule has 0 saturated carbocycles. The average molecular weight is 329 g/mol. The van der Waals surface area contributed by atoms with Crippen LogP contribution in [0, 0.1) is 0 Å². The van der Waals surface area contributed by atoms with Gasteiger partial charge in [0.15, 0.2) is 0 Å². The molecular formula is C18H15N7. The largest absolute Gasteiger partial charge is 0.267 e. The van der Waals surface area contributed by atoms with Gasteiger partial charge in [0.1, 0.15) is 18.3 Å². The topological polar surface area (TPSA) is 73.8 Å². The van der Waals surface area contributed by atoms with Gasteiger partial charge in [-0.25, -0.2) is 4.68 Å². The van der Waals surface area contributed by atoms with E-state index in [2.05, 4.69) is 32.4 Å².